The van der Waals surface area contributed by atoms with E-state index >= 15 is 0 Å². The summed E-state index contributed by atoms with van der Waals surface area (Å²) >= 11 is 0. The van der Waals surface area contributed by atoms with Crippen molar-refractivity contribution in [1.82, 2.24) is 15.4 Å². The molecule has 1 atom stereocenters. The van der Waals surface area contributed by atoms with Gasteiger partial charge in [0.15, 0.2) is 5.69 Å². The maximum atomic E-state index is 12.4. The van der Waals surface area contributed by atoms with Gasteiger partial charge in [-0.25, -0.2) is 0 Å². The van der Waals surface area contributed by atoms with Gasteiger partial charge in [-0.2, -0.15) is 0 Å². The second kappa shape index (κ2) is 9.06. The fourth-order valence-corrected chi connectivity index (χ4v) is 3.13. The summed E-state index contributed by atoms with van der Waals surface area (Å²) in [7, 11) is 0. The number of rotatable bonds is 10. The minimum Gasteiger partial charge on any atom is -0.361 e. The lowest BCUT2D eigenvalue weighted by atomic mass is 9.75. The Kier molecular flexibility index (Phi) is 7.76. The van der Waals surface area contributed by atoms with Crippen LogP contribution in [0.2, 0.25) is 0 Å². The first-order valence-corrected chi connectivity index (χ1v) is 8.94. The number of aryl methyl sites for hydroxylation is 1. The third kappa shape index (κ3) is 4.80. The van der Waals surface area contributed by atoms with Crippen LogP contribution in [0.5, 0.6) is 0 Å². The number of hydrogen-bond acceptors (Lipinski definition) is 4. The molecule has 1 N–H and O–H groups in total. The van der Waals surface area contributed by atoms with Crippen molar-refractivity contribution < 1.29 is 9.32 Å². The Morgan fingerprint density at radius 3 is 2.30 bits per heavy atom. The van der Waals surface area contributed by atoms with Crippen molar-refractivity contribution >= 4 is 5.91 Å². The third-order valence-corrected chi connectivity index (χ3v) is 5.25. The number of aromatic nitrogens is 1. The van der Waals surface area contributed by atoms with Gasteiger partial charge in [-0.15, -0.1) is 0 Å². The largest absolute Gasteiger partial charge is 0.361 e. The average molecular weight is 323 g/mol. The smallest absolute Gasteiger partial charge is 0.273 e. The van der Waals surface area contributed by atoms with Gasteiger partial charge < -0.3 is 14.7 Å². The highest BCUT2D eigenvalue weighted by atomic mass is 16.5. The Balaban J connectivity index is 2.84. The van der Waals surface area contributed by atoms with Gasteiger partial charge in [0.1, 0.15) is 5.76 Å². The molecule has 1 rings (SSSR count). The van der Waals surface area contributed by atoms with Crippen molar-refractivity contribution in [2.24, 2.45) is 5.41 Å². The van der Waals surface area contributed by atoms with E-state index in [9.17, 15) is 4.79 Å². The topological polar surface area (TPSA) is 58.4 Å². The normalized spacial score (nSPS) is 13.3. The van der Waals surface area contributed by atoms with Crippen LogP contribution < -0.4 is 5.32 Å². The van der Waals surface area contributed by atoms with Crippen LogP contribution in [0.1, 0.15) is 70.6 Å². The highest BCUT2D eigenvalue weighted by molar-refractivity contribution is 5.92. The molecular formula is C18H33N3O2. The maximum absolute atomic E-state index is 12.4. The van der Waals surface area contributed by atoms with Crippen LogP contribution in [0.4, 0.5) is 0 Å². The van der Waals surface area contributed by atoms with Gasteiger partial charge in [-0.3, -0.25) is 4.79 Å². The fraction of sp³-hybridized carbons (Fsp3) is 0.778. The zero-order valence-electron chi connectivity index (χ0n) is 15.6. The summed E-state index contributed by atoms with van der Waals surface area (Å²) in [6, 6.07) is 1.80. The monoisotopic (exact) mass is 323 g/mol. The summed E-state index contributed by atoms with van der Waals surface area (Å²) in [5, 5.41) is 7.01. The molecule has 5 heteroatoms. The molecule has 1 unspecified atom stereocenters. The molecule has 1 amide bonds. The van der Waals surface area contributed by atoms with E-state index in [4.69, 9.17) is 4.52 Å². The predicted octanol–water partition coefficient (Wildman–Crippen LogP) is 3.50. The van der Waals surface area contributed by atoms with Gasteiger partial charge in [0.05, 0.1) is 0 Å². The number of nitrogens with one attached hydrogen (secondary N) is 1. The molecule has 1 heterocycles. The minimum absolute atomic E-state index is 0.0685. The van der Waals surface area contributed by atoms with E-state index in [0.717, 1.165) is 44.7 Å². The Labute approximate surface area is 140 Å². The molecular weight excluding hydrogens is 290 g/mol. The van der Waals surface area contributed by atoms with Crippen LogP contribution in [-0.4, -0.2) is 41.6 Å². The number of nitrogens with zero attached hydrogens (tertiary/aromatic N) is 2. The Morgan fingerprint density at radius 1 is 1.26 bits per heavy atom. The molecule has 132 valence electrons. The molecule has 0 aliphatic heterocycles. The summed E-state index contributed by atoms with van der Waals surface area (Å²) in [6.07, 6.45) is 2.80. The molecule has 0 aromatic carbocycles. The zero-order valence-corrected chi connectivity index (χ0v) is 15.6. The van der Waals surface area contributed by atoms with E-state index in [-0.39, 0.29) is 17.4 Å². The molecule has 0 saturated heterocycles. The van der Waals surface area contributed by atoms with E-state index in [1.807, 2.05) is 6.92 Å². The molecule has 0 fully saturated rings. The van der Waals surface area contributed by atoms with Crippen LogP contribution in [0.3, 0.4) is 0 Å². The molecule has 0 radical (unpaired) electrons. The lowest BCUT2D eigenvalue weighted by Crippen LogP contribution is -2.51. The van der Waals surface area contributed by atoms with Crippen molar-refractivity contribution in [2.75, 3.05) is 19.6 Å². The number of carbonyl (C=O) groups excluding carboxylic acids is 1. The summed E-state index contributed by atoms with van der Waals surface area (Å²) in [5.74, 6) is 0.593. The van der Waals surface area contributed by atoms with E-state index in [1.165, 1.54) is 0 Å². The van der Waals surface area contributed by atoms with E-state index in [1.54, 1.807) is 6.07 Å². The zero-order chi connectivity index (χ0) is 17.5. The van der Waals surface area contributed by atoms with Gasteiger partial charge >= 0.3 is 0 Å². The Hall–Kier alpha value is -1.36. The first-order valence-electron chi connectivity index (χ1n) is 8.94. The van der Waals surface area contributed by atoms with E-state index < -0.39 is 0 Å². The third-order valence-electron chi connectivity index (χ3n) is 5.25. The van der Waals surface area contributed by atoms with Crippen molar-refractivity contribution in [3.05, 3.63) is 17.5 Å². The molecule has 23 heavy (non-hydrogen) atoms. The Morgan fingerprint density at radius 2 is 1.87 bits per heavy atom. The maximum Gasteiger partial charge on any atom is 0.273 e. The number of carbonyl (C=O) groups is 1. The van der Waals surface area contributed by atoms with Crippen molar-refractivity contribution in [2.45, 2.75) is 66.8 Å². The second-order valence-corrected chi connectivity index (χ2v) is 6.26. The summed E-state index contributed by atoms with van der Waals surface area (Å²) < 4.78 is 5.14. The van der Waals surface area contributed by atoms with Gasteiger partial charge in [-0.1, -0.05) is 39.8 Å². The predicted molar refractivity (Wildman–Crippen MR) is 93.6 cm³/mol. The van der Waals surface area contributed by atoms with Crippen LogP contribution in [0.25, 0.3) is 0 Å². The molecule has 0 spiro atoms. The van der Waals surface area contributed by atoms with E-state index in [2.05, 4.69) is 50.0 Å². The van der Waals surface area contributed by atoms with Gasteiger partial charge in [0.25, 0.3) is 5.91 Å². The first kappa shape index (κ1) is 19.7. The minimum atomic E-state index is -0.147. The fourth-order valence-electron chi connectivity index (χ4n) is 3.13. The molecule has 1 aromatic rings. The number of hydrogen-bond donors (Lipinski definition) is 1. The SMILES string of the molecule is CCc1cc(C(=O)NC(C)C(CC)(CC)CN(CC)CC)no1. The van der Waals surface area contributed by atoms with Crippen molar-refractivity contribution in [3.63, 3.8) is 0 Å². The lowest BCUT2D eigenvalue weighted by molar-refractivity contribution is 0.0777. The van der Waals surface area contributed by atoms with Crippen LogP contribution >= 0.6 is 0 Å². The summed E-state index contributed by atoms with van der Waals surface area (Å²) in [5.41, 5.74) is 0.441. The quantitative estimate of drug-likeness (QED) is 0.716. The molecule has 0 saturated carbocycles. The highest BCUT2D eigenvalue weighted by Gasteiger charge is 2.35. The molecule has 0 aliphatic carbocycles. The first-order chi connectivity index (χ1) is 11.0. The standard InChI is InChI=1S/C18H33N3O2/c1-7-15-12-16(20-23-15)17(22)19-14(6)18(8-2,9-3)13-21(10-4)11-5/h12,14H,7-11,13H2,1-6H3,(H,19,22). The van der Waals surface area contributed by atoms with Gasteiger partial charge in [0, 0.05) is 30.5 Å². The average Bonchev–Trinajstić information content (AvgIpc) is 3.05. The summed E-state index contributed by atoms with van der Waals surface area (Å²) in [6.45, 7) is 15.9. The van der Waals surface area contributed by atoms with E-state index in [0.29, 0.717) is 5.69 Å². The van der Waals surface area contributed by atoms with Crippen LogP contribution in [0, 0.1) is 5.41 Å². The van der Waals surface area contributed by atoms with Crippen molar-refractivity contribution in [3.8, 4) is 0 Å². The number of amides is 1. The van der Waals surface area contributed by atoms with Gasteiger partial charge in [-0.05, 0) is 32.9 Å². The molecule has 0 bridgehead atoms. The van der Waals surface area contributed by atoms with Crippen LogP contribution in [-0.2, 0) is 6.42 Å². The highest BCUT2D eigenvalue weighted by Crippen LogP contribution is 2.32. The molecule has 5 nitrogen and oxygen atoms in total. The summed E-state index contributed by atoms with van der Waals surface area (Å²) in [4.78, 5) is 14.9. The van der Waals surface area contributed by atoms with Gasteiger partial charge in [0.2, 0.25) is 0 Å². The second-order valence-electron chi connectivity index (χ2n) is 6.26. The lowest BCUT2D eigenvalue weighted by Gasteiger charge is -2.41. The Bertz CT molecular complexity index is 476. The molecule has 0 aliphatic rings. The van der Waals surface area contributed by atoms with Crippen LogP contribution in [0.15, 0.2) is 10.6 Å². The van der Waals surface area contributed by atoms with Crippen molar-refractivity contribution in [1.29, 1.82) is 0 Å². The molecule has 1 aromatic heterocycles.